The zero-order chi connectivity index (χ0) is 24.7. The Bertz CT molecular complexity index is 1570. The van der Waals surface area contributed by atoms with Crippen LogP contribution >= 0.6 is 11.6 Å². The average molecular weight is 495 g/mol. The van der Waals surface area contributed by atoms with Crippen molar-refractivity contribution in [3.05, 3.63) is 77.5 Å². The second kappa shape index (κ2) is 8.51. The van der Waals surface area contributed by atoms with Crippen LogP contribution in [0.25, 0.3) is 22.4 Å². The first kappa shape index (κ1) is 22.5. The summed E-state index contributed by atoms with van der Waals surface area (Å²) in [6.07, 6.45) is 0.00768. The Morgan fingerprint density at radius 1 is 1.06 bits per heavy atom. The van der Waals surface area contributed by atoms with Crippen LogP contribution < -0.4 is 10.9 Å². The first-order valence-electron chi connectivity index (χ1n) is 9.87. The number of alkyl halides is 3. The van der Waals surface area contributed by atoms with E-state index in [1.165, 1.54) is 48.9 Å². The maximum Gasteiger partial charge on any atom is 0.434 e. The van der Waals surface area contributed by atoms with Crippen LogP contribution in [0.5, 0.6) is 0 Å². The summed E-state index contributed by atoms with van der Waals surface area (Å²) in [5.41, 5.74) is -1.19. The highest BCUT2D eigenvalue weighted by Crippen LogP contribution is 2.35. The quantitative estimate of drug-likeness (QED) is 0.385. The smallest absolute Gasteiger partial charge is 0.320 e. The number of pyridine rings is 2. The molecule has 0 saturated carbocycles. The lowest BCUT2D eigenvalue weighted by Crippen LogP contribution is -2.21. The third kappa shape index (κ3) is 4.21. The first-order chi connectivity index (χ1) is 16.7. The van der Waals surface area contributed by atoms with Gasteiger partial charge in [0.05, 0.1) is 52.3 Å². The Morgan fingerprint density at radius 3 is 2.54 bits per heavy atom. The maximum absolute atomic E-state index is 14.1. The molecule has 2 radical (unpaired) electrons. The van der Waals surface area contributed by atoms with Crippen molar-refractivity contribution in [2.75, 3.05) is 5.32 Å². The van der Waals surface area contributed by atoms with Crippen LogP contribution in [-0.4, -0.2) is 48.5 Å². The maximum atomic E-state index is 14.1. The number of nitrogens with zero attached hydrogens (tertiary/aromatic N) is 7. The number of rotatable bonds is 4. The summed E-state index contributed by atoms with van der Waals surface area (Å²) in [5.74, 6) is -0.863. The van der Waals surface area contributed by atoms with Crippen LogP contribution in [0.2, 0.25) is 5.02 Å². The molecule has 0 atom stereocenters. The summed E-state index contributed by atoms with van der Waals surface area (Å²) in [7, 11) is 5.69. The number of anilines is 1. The summed E-state index contributed by atoms with van der Waals surface area (Å²) < 4.78 is 43.1. The van der Waals surface area contributed by atoms with Crippen molar-refractivity contribution < 1.29 is 18.0 Å². The van der Waals surface area contributed by atoms with Crippen LogP contribution in [0, 0.1) is 0 Å². The lowest BCUT2D eigenvalue weighted by atomic mass is 10.0. The summed E-state index contributed by atoms with van der Waals surface area (Å²) in [6, 6.07) is 8.90. The number of hydrogen-bond acceptors (Lipinski definition) is 6. The first-order valence-corrected chi connectivity index (χ1v) is 10.2. The van der Waals surface area contributed by atoms with E-state index in [9.17, 15) is 18.0 Å². The standard InChI is InChI=1S/C21H11BClF3N8O/c22-17-5-4-12-15(32-17)2-1-3-16(12)33-18(21(24,25)26)13(10-30-33)20(35)31-11-8-14(23)19(27-9-11)34-28-6-7-29-34/h1-10H,(H,31,35). The lowest BCUT2D eigenvalue weighted by molar-refractivity contribution is -0.143. The van der Waals surface area contributed by atoms with Crippen LogP contribution in [-0.2, 0) is 6.18 Å². The van der Waals surface area contributed by atoms with E-state index in [1.54, 1.807) is 6.07 Å². The molecular formula is C21H11BClF3N8O. The van der Waals surface area contributed by atoms with Crippen molar-refractivity contribution in [1.29, 1.82) is 0 Å². The van der Waals surface area contributed by atoms with E-state index in [0.29, 0.717) is 15.6 Å². The third-order valence-electron chi connectivity index (χ3n) is 4.93. The number of halogens is 4. The van der Waals surface area contributed by atoms with E-state index >= 15 is 0 Å². The van der Waals surface area contributed by atoms with Crippen molar-refractivity contribution in [1.82, 2.24) is 34.7 Å². The van der Waals surface area contributed by atoms with Crippen LogP contribution in [0.4, 0.5) is 18.9 Å². The molecule has 0 saturated heterocycles. The van der Waals surface area contributed by atoms with Gasteiger partial charge in [0.1, 0.15) is 7.85 Å². The fourth-order valence-electron chi connectivity index (χ4n) is 3.48. The number of carbonyl (C=O) groups is 1. The highest BCUT2D eigenvalue weighted by atomic mass is 35.5. The van der Waals surface area contributed by atoms with Crippen molar-refractivity contribution in [2.45, 2.75) is 6.18 Å². The van der Waals surface area contributed by atoms with E-state index in [-0.39, 0.29) is 27.8 Å². The van der Waals surface area contributed by atoms with E-state index in [0.717, 1.165) is 11.0 Å². The van der Waals surface area contributed by atoms with Gasteiger partial charge in [-0.05, 0) is 29.9 Å². The van der Waals surface area contributed by atoms with Crippen LogP contribution in [0.1, 0.15) is 16.1 Å². The number of amides is 1. The van der Waals surface area contributed by atoms with Crippen molar-refractivity contribution in [3.63, 3.8) is 0 Å². The Hall–Kier alpha value is -4.26. The molecule has 0 spiro atoms. The Labute approximate surface area is 201 Å². The van der Waals surface area contributed by atoms with Crippen LogP contribution in [0.3, 0.4) is 0 Å². The van der Waals surface area contributed by atoms with Gasteiger partial charge in [0, 0.05) is 5.39 Å². The Morgan fingerprint density at radius 2 is 1.83 bits per heavy atom. The molecule has 14 heteroatoms. The molecule has 5 aromatic rings. The van der Waals surface area contributed by atoms with Gasteiger partial charge in [-0.2, -0.15) is 28.5 Å². The number of hydrogen-bond donors (Lipinski definition) is 1. The molecule has 0 bridgehead atoms. The molecule has 172 valence electrons. The van der Waals surface area contributed by atoms with Gasteiger partial charge < -0.3 is 5.32 Å². The van der Waals surface area contributed by atoms with Crippen molar-refractivity contribution in [2.24, 2.45) is 0 Å². The van der Waals surface area contributed by atoms with Gasteiger partial charge in [0.15, 0.2) is 11.5 Å². The molecule has 5 rings (SSSR count). The molecule has 0 aliphatic carbocycles. The van der Waals surface area contributed by atoms with Gasteiger partial charge in [-0.15, -0.1) is 4.80 Å². The second-order valence-corrected chi connectivity index (χ2v) is 7.61. The fraction of sp³-hybridized carbons (Fsp3) is 0.0476. The topological polar surface area (TPSA) is 103 Å². The SMILES string of the molecule is [B]c1ccc2c(-n3ncc(C(=O)Nc4cnc(-n5nccn5)c(Cl)c4)c3C(F)(F)F)cccc2n1. The van der Waals surface area contributed by atoms with Gasteiger partial charge in [0.25, 0.3) is 5.91 Å². The van der Waals surface area contributed by atoms with E-state index in [1.807, 2.05) is 0 Å². The Kier molecular flexibility index (Phi) is 5.48. The van der Waals surface area contributed by atoms with Crippen molar-refractivity contribution in [3.8, 4) is 11.5 Å². The summed E-state index contributed by atoms with van der Waals surface area (Å²) >= 11 is 6.18. The van der Waals surface area contributed by atoms with Gasteiger partial charge in [-0.25, -0.2) is 9.67 Å². The van der Waals surface area contributed by atoms with E-state index < -0.39 is 23.3 Å². The predicted octanol–water partition coefficient (Wildman–Crippen LogP) is 3.11. The van der Waals surface area contributed by atoms with Gasteiger partial charge in [0.2, 0.25) is 0 Å². The number of nitrogens with one attached hydrogen (secondary N) is 1. The molecule has 0 unspecified atom stereocenters. The predicted molar refractivity (Wildman–Crippen MR) is 121 cm³/mol. The molecule has 4 heterocycles. The number of fused-ring (bicyclic) bond motifs is 1. The van der Waals surface area contributed by atoms with Gasteiger partial charge >= 0.3 is 6.18 Å². The van der Waals surface area contributed by atoms with E-state index in [4.69, 9.17) is 19.4 Å². The zero-order valence-corrected chi connectivity index (χ0v) is 18.2. The highest BCUT2D eigenvalue weighted by molar-refractivity contribution is 6.32. The molecule has 4 aromatic heterocycles. The lowest BCUT2D eigenvalue weighted by Gasteiger charge is -2.14. The van der Waals surface area contributed by atoms with Crippen molar-refractivity contribution >= 4 is 47.5 Å². The number of carbonyl (C=O) groups excluding carboxylic acids is 1. The second-order valence-electron chi connectivity index (χ2n) is 7.20. The summed E-state index contributed by atoms with van der Waals surface area (Å²) in [5, 5.41) is 14.5. The zero-order valence-electron chi connectivity index (χ0n) is 17.4. The molecule has 0 aliphatic heterocycles. The van der Waals surface area contributed by atoms with E-state index in [2.05, 4.69) is 30.6 Å². The molecule has 1 N–H and O–H groups in total. The molecule has 1 aromatic carbocycles. The molecule has 0 aliphatic rings. The minimum Gasteiger partial charge on any atom is -0.320 e. The molecule has 9 nitrogen and oxygen atoms in total. The summed E-state index contributed by atoms with van der Waals surface area (Å²) in [4.78, 5) is 22.2. The number of aromatic nitrogens is 7. The molecule has 35 heavy (non-hydrogen) atoms. The molecule has 1 amide bonds. The minimum absolute atomic E-state index is 0.0709. The minimum atomic E-state index is -4.90. The molecular weight excluding hydrogens is 484 g/mol. The normalized spacial score (nSPS) is 11.7. The Balaban J connectivity index is 1.53. The highest BCUT2D eigenvalue weighted by Gasteiger charge is 2.41. The number of benzene rings is 1. The van der Waals surface area contributed by atoms with Gasteiger partial charge in [-0.3, -0.25) is 9.78 Å². The van der Waals surface area contributed by atoms with Gasteiger partial charge in [-0.1, -0.05) is 23.7 Å². The summed E-state index contributed by atoms with van der Waals surface area (Å²) in [6.45, 7) is 0. The average Bonchev–Trinajstić information content (AvgIpc) is 3.49. The molecule has 0 fully saturated rings. The largest absolute Gasteiger partial charge is 0.434 e. The van der Waals surface area contributed by atoms with Crippen LogP contribution in [0.15, 0.2) is 61.2 Å². The monoisotopic (exact) mass is 494 g/mol. The fourth-order valence-corrected chi connectivity index (χ4v) is 3.72. The third-order valence-corrected chi connectivity index (χ3v) is 5.21.